The highest BCUT2D eigenvalue weighted by Gasteiger charge is 2.60. The summed E-state index contributed by atoms with van der Waals surface area (Å²) in [7, 11) is 0. The molecule has 1 heterocycles. The van der Waals surface area contributed by atoms with Gasteiger partial charge in [-0.3, -0.25) is 0 Å². The van der Waals surface area contributed by atoms with Crippen LogP contribution in [-0.2, 0) is 9.53 Å². The van der Waals surface area contributed by atoms with Crippen LogP contribution in [0.1, 0.15) is 33.6 Å². The Balaban J connectivity index is 2.82. The van der Waals surface area contributed by atoms with Crippen molar-refractivity contribution < 1.29 is 23.4 Å². The first-order chi connectivity index (χ1) is 7.58. The molecule has 1 rings (SSSR count). The SMILES string of the molecule is CC(C)(C)OC(=O)C(F)(F)C1(O)CCCNC1. The maximum Gasteiger partial charge on any atom is 0.380 e. The predicted octanol–water partition coefficient (Wildman–Crippen LogP) is 1.08. The van der Waals surface area contributed by atoms with Crippen LogP contribution in [0, 0.1) is 0 Å². The Labute approximate surface area is 99.3 Å². The van der Waals surface area contributed by atoms with Gasteiger partial charge < -0.3 is 15.2 Å². The van der Waals surface area contributed by atoms with Gasteiger partial charge in [0.2, 0.25) is 0 Å². The second kappa shape index (κ2) is 4.49. The number of nitrogens with one attached hydrogen (secondary N) is 1. The van der Waals surface area contributed by atoms with E-state index in [9.17, 15) is 18.7 Å². The van der Waals surface area contributed by atoms with Gasteiger partial charge in [-0.2, -0.15) is 8.78 Å². The first kappa shape index (κ1) is 14.3. The second-order valence-electron chi connectivity index (χ2n) is 5.39. The molecule has 100 valence electrons. The third-order valence-corrected chi connectivity index (χ3v) is 2.60. The van der Waals surface area contributed by atoms with E-state index in [1.165, 1.54) is 20.8 Å². The number of alkyl halides is 2. The molecule has 0 spiro atoms. The van der Waals surface area contributed by atoms with E-state index in [0.29, 0.717) is 13.0 Å². The topological polar surface area (TPSA) is 58.6 Å². The molecule has 2 N–H and O–H groups in total. The summed E-state index contributed by atoms with van der Waals surface area (Å²) in [6.07, 6.45) is 0.279. The number of piperidine rings is 1. The van der Waals surface area contributed by atoms with E-state index >= 15 is 0 Å². The van der Waals surface area contributed by atoms with E-state index in [1.807, 2.05) is 0 Å². The van der Waals surface area contributed by atoms with E-state index in [2.05, 4.69) is 10.1 Å². The molecule has 0 saturated carbocycles. The van der Waals surface area contributed by atoms with Gasteiger partial charge in [-0.1, -0.05) is 0 Å². The van der Waals surface area contributed by atoms with E-state index in [0.717, 1.165) is 0 Å². The van der Waals surface area contributed by atoms with Gasteiger partial charge in [0.05, 0.1) is 0 Å². The Hall–Kier alpha value is -0.750. The second-order valence-corrected chi connectivity index (χ2v) is 5.39. The van der Waals surface area contributed by atoms with Crippen molar-refractivity contribution in [2.75, 3.05) is 13.1 Å². The van der Waals surface area contributed by atoms with Crippen LogP contribution >= 0.6 is 0 Å². The smallest absolute Gasteiger partial charge is 0.380 e. The van der Waals surface area contributed by atoms with E-state index in [1.54, 1.807) is 0 Å². The summed E-state index contributed by atoms with van der Waals surface area (Å²) in [6, 6.07) is 0. The van der Waals surface area contributed by atoms with Crippen LogP contribution in [0.3, 0.4) is 0 Å². The van der Waals surface area contributed by atoms with E-state index < -0.39 is 23.1 Å². The molecule has 1 unspecified atom stereocenters. The molecule has 4 nitrogen and oxygen atoms in total. The van der Waals surface area contributed by atoms with E-state index in [4.69, 9.17) is 0 Å². The van der Waals surface area contributed by atoms with Crippen molar-refractivity contribution in [2.45, 2.75) is 50.7 Å². The van der Waals surface area contributed by atoms with Crippen molar-refractivity contribution in [3.05, 3.63) is 0 Å². The summed E-state index contributed by atoms with van der Waals surface area (Å²) in [5.74, 6) is -5.57. The summed E-state index contributed by atoms with van der Waals surface area (Å²) < 4.78 is 32.4. The highest BCUT2D eigenvalue weighted by molar-refractivity contribution is 5.79. The number of halogens is 2. The van der Waals surface area contributed by atoms with Crippen molar-refractivity contribution >= 4 is 5.97 Å². The largest absolute Gasteiger partial charge is 0.455 e. The third-order valence-electron chi connectivity index (χ3n) is 2.60. The Morgan fingerprint density at radius 3 is 2.41 bits per heavy atom. The summed E-state index contributed by atoms with van der Waals surface area (Å²) in [6.45, 7) is 4.77. The Morgan fingerprint density at radius 1 is 1.41 bits per heavy atom. The molecule has 6 heteroatoms. The van der Waals surface area contributed by atoms with Crippen LogP contribution in [-0.4, -0.2) is 41.3 Å². The standard InChI is InChI=1S/C11H19F2NO3/c1-9(2,3)17-8(15)11(12,13)10(16)5-4-6-14-7-10/h14,16H,4-7H2,1-3H3. The molecule has 0 aromatic heterocycles. The highest BCUT2D eigenvalue weighted by Crippen LogP contribution is 2.36. The lowest BCUT2D eigenvalue weighted by Gasteiger charge is -2.38. The van der Waals surface area contributed by atoms with Crippen molar-refractivity contribution in [2.24, 2.45) is 0 Å². The molecule has 1 atom stereocenters. The lowest BCUT2D eigenvalue weighted by molar-refractivity contribution is -0.225. The molecule has 1 aliphatic rings. The Bertz CT molecular complexity index is 294. The number of rotatable bonds is 2. The fourth-order valence-corrected chi connectivity index (χ4v) is 1.69. The van der Waals surface area contributed by atoms with Gasteiger partial charge in [0.1, 0.15) is 5.60 Å². The average Bonchev–Trinajstić information content (AvgIpc) is 2.15. The molecule has 0 radical (unpaired) electrons. The van der Waals surface area contributed by atoms with Gasteiger partial charge in [0.25, 0.3) is 0 Å². The summed E-state index contributed by atoms with van der Waals surface area (Å²) in [5, 5.41) is 12.5. The van der Waals surface area contributed by atoms with E-state index in [-0.39, 0.29) is 13.0 Å². The van der Waals surface area contributed by atoms with Gasteiger partial charge in [0.15, 0.2) is 5.60 Å². The monoisotopic (exact) mass is 251 g/mol. The third kappa shape index (κ3) is 3.13. The minimum absolute atomic E-state index is 0.119. The number of carbonyl (C=O) groups is 1. The Kier molecular flexibility index (Phi) is 3.78. The molecule has 17 heavy (non-hydrogen) atoms. The molecule has 0 amide bonds. The Morgan fingerprint density at radius 2 is 2.00 bits per heavy atom. The minimum atomic E-state index is -3.90. The first-order valence-corrected chi connectivity index (χ1v) is 5.63. The van der Waals surface area contributed by atoms with Crippen LogP contribution < -0.4 is 5.32 Å². The van der Waals surface area contributed by atoms with Gasteiger partial charge in [-0.15, -0.1) is 0 Å². The molecule has 1 fully saturated rings. The maximum atomic E-state index is 13.9. The zero-order chi connectivity index (χ0) is 13.3. The lowest BCUT2D eigenvalue weighted by atomic mass is 9.87. The van der Waals surface area contributed by atoms with Gasteiger partial charge >= 0.3 is 11.9 Å². The molecule has 0 aromatic rings. The number of ether oxygens (including phenoxy) is 1. The number of aliphatic hydroxyl groups is 1. The fourth-order valence-electron chi connectivity index (χ4n) is 1.69. The number of esters is 1. The van der Waals surface area contributed by atoms with Crippen LogP contribution in [0.2, 0.25) is 0 Å². The predicted molar refractivity (Wildman–Crippen MR) is 57.8 cm³/mol. The van der Waals surface area contributed by atoms with Crippen molar-refractivity contribution in [3.8, 4) is 0 Å². The molecular weight excluding hydrogens is 232 g/mol. The quantitative estimate of drug-likeness (QED) is 0.721. The number of hydrogen-bond acceptors (Lipinski definition) is 4. The number of hydrogen-bond donors (Lipinski definition) is 2. The fraction of sp³-hybridized carbons (Fsp3) is 0.909. The minimum Gasteiger partial charge on any atom is -0.455 e. The zero-order valence-electron chi connectivity index (χ0n) is 10.3. The molecule has 0 aliphatic carbocycles. The molecule has 0 aromatic carbocycles. The van der Waals surface area contributed by atoms with Crippen molar-refractivity contribution in [1.29, 1.82) is 0 Å². The van der Waals surface area contributed by atoms with Crippen molar-refractivity contribution in [1.82, 2.24) is 5.32 Å². The molecule has 1 saturated heterocycles. The zero-order valence-corrected chi connectivity index (χ0v) is 10.3. The first-order valence-electron chi connectivity index (χ1n) is 5.63. The molecule has 1 aliphatic heterocycles. The lowest BCUT2D eigenvalue weighted by Crippen LogP contribution is -2.61. The van der Waals surface area contributed by atoms with Gasteiger partial charge in [-0.25, -0.2) is 4.79 Å². The van der Waals surface area contributed by atoms with Crippen molar-refractivity contribution in [3.63, 3.8) is 0 Å². The summed E-state index contributed by atoms with van der Waals surface area (Å²) in [5.41, 5.74) is -3.35. The molecule has 0 bridgehead atoms. The van der Waals surface area contributed by atoms with Crippen LogP contribution in [0.15, 0.2) is 0 Å². The van der Waals surface area contributed by atoms with Crippen LogP contribution in [0.25, 0.3) is 0 Å². The van der Waals surface area contributed by atoms with Crippen LogP contribution in [0.5, 0.6) is 0 Å². The normalized spacial score (nSPS) is 26.7. The molecular formula is C11H19F2NO3. The summed E-state index contributed by atoms with van der Waals surface area (Å²) in [4.78, 5) is 11.4. The maximum absolute atomic E-state index is 13.9. The highest BCUT2D eigenvalue weighted by atomic mass is 19.3. The van der Waals surface area contributed by atoms with Crippen LogP contribution in [0.4, 0.5) is 8.78 Å². The van der Waals surface area contributed by atoms with Gasteiger partial charge in [-0.05, 0) is 40.2 Å². The summed E-state index contributed by atoms with van der Waals surface area (Å²) >= 11 is 0. The number of carbonyl (C=O) groups excluding carboxylic acids is 1. The number of β-amino-alcohol motifs (C(OH)–C–C–N with tert-alkyl or cyclic N) is 1. The van der Waals surface area contributed by atoms with Gasteiger partial charge in [0, 0.05) is 6.54 Å². The average molecular weight is 251 g/mol.